The van der Waals surface area contributed by atoms with E-state index in [-0.39, 0.29) is 5.91 Å². The van der Waals surface area contributed by atoms with Crippen LogP contribution in [0.5, 0.6) is 0 Å². The molecule has 2 aromatic heterocycles. The van der Waals surface area contributed by atoms with Crippen molar-refractivity contribution >= 4 is 39.8 Å². The molecule has 3 heterocycles. The van der Waals surface area contributed by atoms with Crippen molar-refractivity contribution in [3.63, 3.8) is 0 Å². The van der Waals surface area contributed by atoms with Crippen LogP contribution in [0.3, 0.4) is 0 Å². The molecule has 6 nitrogen and oxygen atoms in total. The van der Waals surface area contributed by atoms with Crippen LogP contribution in [0, 0.1) is 6.92 Å². The molecule has 0 spiro atoms. The molecule has 0 aliphatic carbocycles. The zero-order chi connectivity index (χ0) is 19.0. The minimum atomic E-state index is -0.265. The van der Waals surface area contributed by atoms with Crippen LogP contribution in [0.25, 0.3) is 10.9 Å². The van der Waals surface area contributed by atoms with Crippen LogP contribution in [0.4, 0.5) is 11.4 Å². The van der Waals surface area contributed by atoms with Crippen LogP contribution in [0.15, 0.2) is 30.5 Å². The number of piperidine rings is 1. The number of carbonyl (C=O) groups excluding carboxylic acids is 1. The molecule has 1 amide bonds. The van der Waals surface area contributed by atoms with Gasteiger partial charge in [0.2, 0.25) is 0 Å². The van der Waals surface area contributed by atoms with Gasteiger partial charge < -0.3 is 10.2 Å². The molecule has 7 heteroatoms. The van der Waals surface area contributed by atoms with Gasteiger partial charge in [-0.2, -0.15) is 5.10 Å². The van der Waals surface area contributed by atoms with E-state index in [0.29, 0.717) is 10.8 Å². The van der Waals surface area contributed by atoms with Gasteiger partial charge in [0.25, 0.3) is 5.91 Å². The zero-order valence-electron chi connectivity index (χ0n) is 15.5. The van der Waals surface area contributed by atoms with E-state index in [1.54, 1.807) is 16.8 Å². The Morgan fingerprint density at radius 1 is 1.19 bits per heavy atom. The monoisotopic (exact) mass is 383 g/mol. The molecular weight excluding hydrogens is 362 g/mol. The fraction of sp³-hybridized carbons (Fsp3) is 0.350. The summed E-state index contributed by atoms with van der Waals surface area (Å²) in [6, 6.07) is 7.55. The minimum absolute atomic E-state index is 0.265. The molecular formula is C20H22ClN5O. The zero-order valence-corrected chi connectivity index (χ0v) is 16.3. The molecule has 1 aromatic carbocycles. The summed E-state index contributed by atoms with van der Waals surface area (Å²) < 4.78 is 1.79. The molecule has 1 N–H and O–H groups in total. The van der Waals surface area contributed by atoms with Crippen LogP contribution in [0.2, 0.25) is 5.15 Å². The van der Waals surface area contributed by atoms with Gasteiger partial charge in [0.1, 0.15) is 10.8 Å². The maximum atomic E-state index is 12.8. The van der Waals surface area contributed by atoms with Gasteiger partial charge in [-0.25, -0.2) is 4.98 Å². The molecule has 3 aromatic rings. The number of benzene rings is 1. The topological polar surface area (TPSA) is 63.1 Å². The van der Waals surface area contributed by atoms with Crippen LogP contribution in [-0.4, -0.2) is 33.8 Å². The van der Waals surface area contributed by atoms with Gasteiger partial charge in [0.05, 0.1) is 16.9 Å². The van der Waals surface area contributed by atoms with Crippen LogP contribution >= 0.6 is 11.6 Å². The first-order valence-corrected chi connectivity index (χ1v) is 9.56. The number of fused-ring (bicyclic) bond motifs is 1. The van der Waals surface area contributed by atoms with Crippen molar-refractivity contribution in [2.45, 2.75) is 26.2 Å². The van der Waals surface area contributed by atoms with Crippen molar-refractivity contribution in [2.24, 2.45) is 7.05 Å². The summed E-state index contributed by atoms with van der Waals surface area (Å²) >= 11 is 6.08. The molecule has 0 unspecified atom stereocenters. The average molecular weight is 384 g/mol. The summed E-state index contributed by atoms with van der Waals surface area (Å²) in [7, 11) is 1.90. The van der Waals surface area contributed by atoms with Crippen molar-refractivity contribution in [1.29, 1.82) is 0 Å². The Labute approximate surface area is 163 Å². The summed E-state index contributed by atoms with van der Waals surface area (Å²) in [4.78, 5) is 19.3. The molecule has 1 aliphatic rings. The summed E-state index contributed by atoms with van der Waals surface area (Å²) in [6.45, 7) is 3.83. The molecule has 1 aliphatic heterocycles. The van der Waals surface area contributed by atoms with Crippen LogP contribution in [-0.2, 0) is 7.05 Å². The Kier molecular flexibility index (Phi) is 4.74. The molecule has 0 bridgehead atoms. The highest BCUT2D eigenvalue weighted by Crippen LogP contribution is 2.33. The lowest BCUT2D eigenvalue weighted by molar-refractivity contribution is 0.102. The Morgan fingerprint density at radius 3 is 2.70 bits per heavy atom. The summed E-state index contributed by atoms with van der Waals surface area (Å²) in [5, 5.41) is 8.89. The van der Waals surface area contributed by atoms with Gasteiger partial charge in [0, 0.05) is 31.7 Å². The maximum absolute atomic E-state index is 12.8. The number of anilines is 2. The minimum Gasteiger partial charge on any atom is -0.370 e. The van der Waals surface area contributed by atoms with Crippen molar-refractivity contribution in [1.82, 2.24) is 14.8 Å². The molecule has 140 valence electrons. The number of hydrogen-bond donors (Lipinski definition) is 1. The lowest BCUT2D eigenvalue weighted by Crippen LogP contribution is -2.30. The van der Waals surface area contributed by atoms with Crippen molar-refractivity contribution < 1.29 is 4.79 Å². The molecule has 0 radical (unpaired) electrons. The van der Waals surface area contributed by atoms with Crippen LogP contribution in [0.1, 0.15) is 35.3 Å². The number of rotatable bonds is 3. The number of hydrogen-bond acceptors (Lipinski definition) is 4. The quantitative estimate of drug-likeness (QED) is 0.689. The number of nitrogens with one attached hydrogen (secondary N) is 1. The number of carbonyl (C=O) groups is 1. The standard InChI is InChI=1S/C20H22ClN5O/c1-13-6-7-15(22-19(13)21)20(27)23-17-10-14-12-25(2)24-16(14)11-18(17)26-8-4-3-5-9-26/h6-7,10-12H,3-5,8-9H2,1-2H3,(H,23,27). The highest BCUT2D eigenvalue weighted by atomic mass is 35.5. The maximum Gasteiger partial charge on any atom is 0.274 e. The van der Waals surface area contributed by atoms with E-state index in [4.69, 9.17) is 11.6 Å². The van der Waals surface area contributed by atoms with Crippen molar-refractivity contribution in [3.8, 4) is 0 Å². The van der Waals surface area contributed by atoms with E-state index in [9.17, 15) is 4.79 Å². The van der Waals surface area contributed by atoms with Gasteiger partial charge in [0.15, 0.2) is 0 Å². The van der Waals surface area contributed by atoms with Gasteiger partial charge in [-0.1, -0.05) is 17.7 Å². The summed E-state index contributed by atoms with van der Waals surface area (Å²) in [6.07, 6.45) is 5.51. The first-order chi connectivity index (χ1) is 13.0. The Balaban J connectivity index is 1.71. The first kappa shape index (κ1) is 17.8. The second-order valence-corrected chi connectivity index (χ2v) is 7.39. The fourth-order valence-corrected chi connectivity index (χ4v) is 3.65. The second-order valence-electron chi connectivity index (χ2n) is 7.04. The molecule has 0 atom stereocenters. The lowest BCUT2D eigenvalue weighted by atomic mass is 10.1. The van der Waals surface area contributed by atoms with Gasteiger partial charge in [-0.05, 0) is 49.9 Å². The van der Waals surface area contributed by atoms with Gasteiger partial charge in [-0.3, -0.25) is 9.48 Å². The largest absolute Gasteiger partial charge is 0.370 e. The molecule has 1 fully saturated rings. The third-order valence-electron chi connectivity index (χ3n) is 4.95. The summed E-state index contributed by atoms with van der Waals surface area (Å²) in [5.41, 5.74) is 3.86. The number of pyridine rings is 1. The highest BCUT2D eigenvalue weighted by Gasteiger charge is 2.19. The molecule has 0 saturated carbocycles. The molecule has 1 saturated heterocycles. The third-order valence-corrected chi connectivity index (χ3v) is 5.33. The third kappa shape index (κ3) is 3.62. The predicted octanol–water partition coefficient (Wildman–Crippen LogP) is 4.17. The molecule has 27 heavy (non-hydrogen) atoms. The SMILES string of the molecule is Cc1ccc(C(=O)Nc2cc3cn(C)nc3cc2N2CCCCC2)nc1Cl. The van der Waals surface area contributed by atoms with E-state index in [1.165, 1.54) is 6.42 Å². The lowest BCUT2D eigenvalue weighted by Gasteiger charge is -2.30. The Bertz CT molecular complexity index is 1010. The van der Waals surface area contributed by atoms with E-state index in [0.717, 1.165) is 53.8 Å². The number of aromatic nitrogens is 3. The fourth-order valence-electron chi connectivity index (χ4n) is 3.50. The van der Waals surface area contributed by atoms with E-state index < -0.39 is 0 Å². The van der Waals surface area contributed by atoms with E-state index in [2.05, 4.69) is 26.4 Å². The predicted molar refractivity (Wildman–Crippen MR) is 109 cm³/mol. The van der Waals surface area contributed by atoms with Gasteiger partial charge >= 0.3 is 0 Å². The highest BCUT2D eigenvalue weighted by molar-refractivity contribution is 6.30. The van der Waals surface area contributed by atoms with E-state index >= 15 is 0 Å². The summed E-state index contributed by atoms with van der Waals surface area (Å²) in [5.74, 6) is -0.265. The Morgan fingerprint density at radius 2 is 1.96 bits per heavy atom. The Hall–Kier alpha value is -2.60. The number of nitrogens with zero attached hydrogens (tertiary/aromatic N) is 4. The van der Waals surface area contributed by atoms with Gasteiger partial charge in [-0.15, -0.1) is 0 Å². The normalized spacial score (nSPS) is 14.6. The number of aryl methyl sites for hydroxylation is 2. The van der Waals surface area contributed by atoms with Crippen molar-refractivity contribution in [2.75, 3.05) is 23.3 Å². The van der Waals surface area contributed by atoms with Crippen LogP contribution < -0.4 is 10.2 Å². The average Bonchev–Trinajstić information content (AvgIpc) is 3.03. The second kappa shape index (κ2) is 7.19. The number of halogens is 1. The molecule has 4 rings (SSSR count). The number of amides is 1. The smallest absolute Gasteiger partial charge is 0.274 e. The van der Waals surface area contributed by atoms with Crippen molar-refractivity contribution in [3.05, 3.63) is 46.9 Å². The first-order valence-electron chi connectivity index (χ1n) is 9.18. The van der Waals surface area contributed by atoms with E-state index in [1.807, 2.05) is 26.2 Å².